The largest absolute Gasteiger partial charge is 0.379 e. The molecule has 1 fully saturated rings. The number of carbonyl (C=O) groups is 1. The van der Waals surface area contributed by atoms with Gasteiger partial charge in [-0.15, -0.1) is 0 Å². The number of aryl methyl sites for hydroxylation is 1. The number of hydrogen-bond acceptors (Lipinski definition) is 4. The first-order chi connectivity index (χ1) is 11.7. The van der Waals surface area contributed by atoms with Crippen LogP contribution in [-0.2, 0) is 23.1 Å². The van der Waals surface area contributed by atoms with Crippen molar-refractivity contribution < 1.29 is 9.53 Å². The molecule has 1 saturated heterocycles. The molecule has 0 spiro atoms. The van der Waals surface area contributed by atoms with E-state index in [1.54, 1.807) is 11.6 Å². The van der Waals surface area contributed by atoms with Crippen LogP contribution in [0.3, 0.4) is 0 Å². The number of nitrogens with one attached hydrogen (secondary N) is 1. The highest BCUT2D eigenvalue weighted by Gasteiger charge is 2.13. The topological polar surface area (TPSA) is 68.5 Å². The second kappa shape index (κ2) is 7.63. The van der Waals surface area contributed by atoms with Gasteiger partial charge in [-0.05, 0) is 25.1 Å². The van der Waals surface area contributed by atoms with Crippen LogP contribution < -0.4 is 11.0 Å². The number of ether oxygens (including phenoxy) is 1. The molecule has 0 radical (unpaired) electrons. The van der Waals surface area contributed by atoms with E-state index in [1.165, 1.54) is 4.57 Å². The summed E-state index contributed by atoms with van der Waals surface area (Å²) in [6, 6.07) is 7.51. The molecule has 1 aliphatic heterocycles. The molecule has 0 saturated carbocycles. The summed E-state index contributed by atoms with van der Waals surface area (Å²) in [5.41, 5.74) is 1.45. The monoisotopic (exact) mass is 332 g/mol. The van der Waals surface area contributed by atoms with Gasteiger partial charge in [-0.25, -0.2) is 4.79 Å². The van der Waals surface area contributed by atoms with E-state index >= 15 is 0 Å². The summed E-state index contributed by atoms with van der Waals surface area (Å²) in [5, 5.41) is 2.91. The third-order valence-corrected chi connectivity index (χ3v) is 4.43. The number of benzene rings is 1. The van der Waals surface area contributed by atoms with Crippen LogP contribution in [0.2, 0.25) is 0 Å². The van der Waals surface area contributed by atoms with E-state index in [9.17, 15) is 9.59 Å². The van der Waals surface area contributed by atoms with Crippen LogP contribution in [0.4, 0.5) is 0 Å². The average Bonchev–Trinajstić information content (AvgIpc) is 2.85. The molecule has 2 aromatic rings. The quantitative estimate of drug-likeness (QED) is 0.766. The number of rotatable bonds is 6. The summed E-state index contributed by atoms with van der Waals surface area (Å²) in [5.74, 6) is -0.129. The minimum absolute atomic E-state index is 0.0533. The van der Waals surface area contributed by atoms with Crippen LogP contribution in [0.5, 0.6) is 0 Å². The van der Waals surface area contributed by atoms with Gasteiger partial charge < -0.3 is 10.1 Å². The van der Waals surface area contributed by atoms with E-state index in [-0.39, 0.29) is 18.1 Å². The third kappa shape index (κ3) is 3.68. The lowest BCUT2D eigenvalue weighted by Crippen LogP contribution is -2.38. The first-order valence-electron chi connectivity index (χ1n) is 8.38. The number of nitrogens with zero attached hydrogens (tertiary/aromatic N) is 3. The molecule has 7 nitrogen and oxygen atoms in total. The molecule has 1 N–H and O–H groups in total. The van der Waals surface area contributed by atoms with Gasteiger partial charge in [-0.2, -0.15) is 0 Å². The Balaban J connectivity index is 1.52. The van der Waals surface area contributed by atoms with Crippen molar-refractivity contribution in [2.24, 2.45) is 7.05 Å². The predicted molar refractivity (Wildman–Crippen MR) is 92.1 cm³/mol. The van der Waals surface area contributed by atoms with E-state index in [2.05, 4.69) is 10.2 Å². The molecule has 0 aliphatic carbocycles. The van der Waals surface area contributed by atoms with Gasteiger partial charge in [0.05, 0.1) is 24.2 Å². The predicted octanol–water partition coefficient (Wildman–Crippen LogP) is 0.179. The van der Waals surface area contributed by atoms with Gasteiger partial charge in [0, 0.05) is 26.7 Å². The Labute approximate surface area is 140 Å². The van der Waals surface area contributed by atoms with Gasteiger partial charge in [0.25, 0.3) is 0 Å². The van der Waals surface area contributed by atoms with Crippen LogP contribution in [0.1, 0.15) is 6.42 Å². The fourth-order valence-electron chi connectivity index (χ4n) is 3.07. The Morgan fingerprint density at radius 2 is 1.92 bits per heavy atom. The summed E-state index contributed by atoms with van der Waals surface area (Å²) in [4.78, 5) is 26.8. The molecule has 0 unspecified atom stereocenters. The van der Waals surface area contributed by atoms with Crippen molar-refractivity contribution in [2.45, 2.75) is 13.0 Å². The van der Waals surface area contributed by atoms with Gasteiger partial charge in [-0.3, -0.25) is 18.8 Å². The Kier molecular flexibility index (Phi) is 5.32. The average molecular weight is 332 g/mol. The van der Waals surface area contributed by atoms with Crippen molar-refractivity contribution in [3.05, 3.63) is 34.7 Å². The molecular weight excluding hydrogens is 308 g/mol. The minimum Gasteiger partial charge on any atom is -0.379 e. The van der Waals surface area contributed by atoms with Gasteiger partial charge in [0.2, 0.25) is 5.91 Å². The van der Waals surface area contributed by atoms with Gasteiger partial charge in [0.1, 0.15) is 6.54 Å². The molecule has 3 rings (SSSR count). The van der Waals surface area contributed by atoms with Crippen LogP contribution >= 0.6 is 0 Å². The fourth-order valence-corrected chi connectivity index (χ4v) is 3.07. The maximum absolute atomic E-state index is 12.3. The summed E-state index contributed by atoms with van der Waals surface area (Å²) >= 11 is 0. The molecule has 130 valence electrons. The molecule has 7 heteroatoms. The van der Waals surface area contributed by atoms with Crippen LogP contribution in [0, 0.1) is 0 Å². The van der Waals surface area contributed by atoms with E-state index < -0.39 is 0 Å². The highest BCUT2D eigenvalue weighted by Crippen LogP contribution is 2.11. The van der Waals surface area contributed by atoms with Gasteiger partial charge in [0.15, 0.2) is 0 Å². The number of morpholine rings is 1. The zero-order chi connectivity index (χ0) is 16.9. The fraction of sp³-hybridized carbons (Fsp3) is 0.529. The number of aromatic nitrogens is 2. The molecule has 0 bridgehead atoms. The second-order valence-electron chi connectivity index (χ2n) is 6.07. The van der Waals surface area contributed by atoms with Crippen LogP contribution in [0.15, 0.2) is 29.1 Å². The van der Waals surface area contributed by atoms with Crippen molar-refractivity contribution in [2.75, 3.05) is 39.4 Å². The number of fused-ring (bicyclic) bond motifs is 1. The molecule has 1 aromatic carbocycles. The summed E-state index contributed by atoms with van der Waals surface area (Å²) in [6.45, 7) is 5.12. The van der Waals surface area contributed by atoms with Crippen molar-refractivity contribution in [1.29, 1.82) is 0 Å². The number of para-hydroxylation sites is 2. The lowest BCUT2D eigenvalue weighted by molar-refractivity contribution is -0.121. The highest BCUT2D eigenvalue weighted by atomic mass is 16.5. The molecule has 1 amide bonds. The van der Waals surface area contributed by atoms with Crippen LogP contribution in [0.25, 0.3) is 11.0 Å². The second-order valence-corrected chi connectivity index (χ2v) is 6.07. The molecule has 2 heterocycles. The summed E-state index contributed by atoms with van der Waals surface area (Å²) < 4.78 is 8.40. The zero-order valence-corrected chi connectivity index (χ0v) is 14.0. The Morgan fingerprint density at radius 3 is 2.67 bits per heavy atom. The van der Waals surface area contributed by atoms with Crippen molar-refractivity contribution in [3.63, 3.8) is 0 Å². The number of carbonyl (C=O) groups excluding carboxylic acids is 1. The maximum Gasteiger partial charge on any atom is 0.329 e. The lowest BCUT2D eigenvalue weighted by Gasteiger charge is -2.26. The Morgan fingerprint density at radius 1 is 1.21 bits per heavy atom. The van der Waals surface area contributed by atoms with E-state index in [4.69, 9.17) is 4.74 Å². The first-order valence-corrected chi connectivity index (χ1v) is 8.38. The SMILES string of the molecule is Cn1c(=O)n(CC(=O)NCCCN2CCOCC2)c2ccccc21. The number of amides is 1. The van der Waals surface area contributed by atoms with E-state index in [0.717, 1.165) is 50.3 Å². The first kappa shape index (κ1) is 16.7. The Hall–Kier alpha value is -2.12. The van der Waals surface area contributed by atoms with Crippen molar-refractivity contribution in [3.8, 4) is 0 Å². The van der Waals surface area contributed by atoms with E-state index in [1.807, 2.05) is 24.3 Å². The summed E-state index contributed by atoms with van der Waals surface area (Å²) in [7, 11) is 1.72. The zero-order valence-electron chi connectivity index (χ0n) is 14.0. The van der Waals surface area contributed by atoms with Gasteiger partial charge in [-0.1, -0.05) is 12.1 Å². The van der Waals surface area contributed by atoms with Crippen molar-refractivity contribution >= 4 is 16.9 Å². The lowest BCUT2D eigenvalue weighted by atomic mass is 10.3. The van der Waals surface area contributed by atoms with Crippen molar-refractivity contribution in [1.82, 2.24) is 19.4 Å². The summed E-state index contributed by atoms with van der Waals surface area (Å²) in [6.07, 6.45) is 0.899. The molecular formula is C17H24N4O3. The molecule has 0 atom stereocenters. The number of hydrogen-bond donors (Lipinski definition) is 1. The molecule has 24 heavy (non-hydrogen) atoms. The van der Waals surface area contributed by atoms with Gasteiger partial charge >= 0.3 is 5.69 Å². The molecule has 1 aliphatic rings. The smallest absolute Gasteiger partial charge is 0.329 e. The maximum atomic E-state index is 12.3. The third-order valence-electron chi connectivity index (χ3n) is 4.43. The Bertz CT molecular complexity index is 759. The molecule has 1 aromatic heterocycles. The highest BCUT2D eigenvalue weighted by molar-refractivity contribution is 5.80. The van der Waals surface area contributed by atoms with E-state index in [0.29, 0.717) is 6.54 Å². The normalized spacial score (nSPS) is 15.7. The standard InChI is InChI=1S/C17H24N4O3/c1-19-14-5-2-3-6-15(14)21(17(19)23)13-16(22)18-7-4-8-20-9-11-24-12-10-20/h2-3,5-6H,4,7-13H2,1H3,(H,18,22). The minimum atomic E-state index is -0.167. The number of imidazole rings is 1. The van der Waals surface area contributed by atoms with Crippen LogP contribution in [-0.4, -0.2) is 59.3 Å².